The summed E-state index contributed by atoms with van der Waals surface area (Å²) in [6.07, 6.45) is 5.88. The molecule has 0 amide bonds. The molecule has 1 aliphatic carbocycles. The van der Waals surface area contributed by atoms with Crippen molar-refractivity contribution in [2.75, 3.05) is 13.1 Å². The number of fused-ring (bicyclic) bond motifs is 1. The van der Waals surface area contributed by atoms with Crippen molar-refractivity contribution in [2.24, 2.45) is 5.73 Å². The lowest BCUT2D eigenvalue weighted by Gasteiger charge is -2.41. The van der Waals surface area contributed by atoms with Gasteiger partial charge in [-0.2, -0.15) is 5.26 Å². The number of aromatic nitrogens is 2. The van der Waals surface area contributed by atoms with Gasteiger partial charge in [0.1, 0.15) is 17.6 Å². The number of nitrogens with zero attached hydrogens (tertiary/aromatic N) is 4. The van der Waals surface area contributed by atoms with E-state index in [0.29, 0.717) is 29.9 Å². The van der Waals surface area contributed by atoms with Gasteiger partial charge in [-0.15, -0.1) is 0 Å². The van der Waals surface area contributed by atoms with E-state index >= 15 is 0 Å². The van der Waals surface area contributed by atoms with Gasteiger partial charge in [-0.25, -0.2) is 4.98 Å². The van der Waals surface area contributed by atoms with Gasteiger partial charge in [-0.3, -0.25) is 4.90 Å². The normalized spacial score (nSPS) is 18.6. The van der Waals surface area contributed by atoms with Gasteiger partial charge in [0, 0.05) is 43.6 Å². The van der Waals surface area contributed by atoms with Crippen LogP contribution in [0.5, 0.6) is 11.5 Å². The summed E-state index contributed by atoms with van der Waals surface area (Å²) in [7, 11) is 0. The number of rotatable bonds is 5. The van der Waals surface area contributed by atoms with Gasteiger partial charge in [0.2, 0.25) is 0 Å². The van der Waals surface area contributed by atoms with Crippen LogP contribution in [0.1, 0.15) is 40.4 Å². The Bertz CT molecular complexity index is 1120. The lowest BCUT2D eigenvalue weighted by Crippen LogP contribution is -2.56. The second kappa shape index (κ2) is 7.60. The lowest BCUT2D eigenvalue weighted by molar-refractivity contribution is 0.0941. The molecule has 0 spiro atoms. The Morgan fingerprint density at radius 2 is 2.10 bits per heavy atom. The standard InChI is InChI=1S/C24H25N5O/c1-16-11-27-15-29(16)12-17-2-3-19(10-25)24(8-17)30-21-6-4-18-5-7-23(22(18)9-21)28-13-20(26)14-28/h2-4,6,8-9,11,15,20,23H,5,7,12-14,26H2,1H3. The summed E-state index contributed by atoms with van der Waals surface area (Å²) in [4.78, 5) is 6.63. The molecule has 6 nitrogen and oxygen atoms in total. The zero-order chi connectivity index (χ0) is 20.7. The van der Waals surface area contributed by atoms with Crippen LogP contribution in [-0.2, 0) is 13.0 Å². The monoisotopic (exact) mass is 399 g/mol. The van der Waals surface area contributed by atoms with Crippen molar-refractivity contribution >= 4 is 0 Å². The smallest absolute Gasteiger partial charge is 0.145 e. The maximum Gasteiger partial charge on any atom is 0.145 e. The number of hydrogen-bond donors (Lipinski definition) is 1. The van der Waals surface area contributed by atoms with Gasteiger partial charge in [-0.05, 0) is 60.7 Å². The van der Waals surface area contributed by atoms with Crippen LogP contribution in [0.2, 0.25) is 0 Å². The maximum absolute atomic E-state index is 9.56. The molecule has 1 fully saturated rings. The summed E-state index contributed by atoms with van der Waals surface area (Å²) >= 11 is 0. The number of aryl methyl sites for hydroxylation is 2. The zero-order valence-corrected chi connectivity index (χ0v) is 17.1. The Labute approximate surface area is 176 Å². The maximum atomic E-state index is 9.56. The minimum absolute atomic E-state index is 0.300. The second-order valence-corrected chi connectivity index (χ2v) is 8.34. The fourth-order valence-electron chi connectivity index (χ4n) is 4.52. The van der Waals surface area contributed by atoms with Gasteiger partial charge in [0.15, 0.2) is 0 Å². The number of likely N-dealkylation sites (tertiary alicyclic amines) is 1. The van der Waals surface area contributed by atoms with Crippen molar-refractivity contribution in [3.63, 3.8) is 0 Å². The summed E-state index contributed by atoms with van der Waals surface area (Å²) < 4.78 is 8.30. The molecule has 3 aromatic rings. The summed E-state index contributed by atoms with van der Waals surface area (Å²) in [6, 6.07) is 15.0. The van der Waals surface area contributed by atoms with E-state index < -0.39 is 0 Å². The van der Waals surface area contributed by atoms with E-state index in [4.69, 9.17) is 10.5 Å². The van der Waals surface area contributed by atoms with Crippen molar-refractivity contribution in [1.29, 1.82) is 5.26 Å². The van der Waals surface area contributed by atoms with E-state index in [1.54, 1.807) is 0 Å². The summed E-state index contributed by atoms with van der Waals surface area (Å²) in [5.41, 5.74) is 11.4. The number of benzene rings is 2. The fourth-order valence-corrected chi connectivity index (χ4v) is 4.52. The van der Waals surface area contributed by atoms with E-state index in [1.807, 2.05) is 43.7 Å². The average Bonchev–Trinajstić information content (AvgIpc) is 3.32. The van der Waals surface area contributed by atoms with Crippen LogP contribution in [0.25, 0.3) is 0 Å². The van der Waals surface area contributed by atoms with Crippen molar-refractivity contribution < 1.29 is 4.74 Å². The molecule has 1 aromatic heterocycles. The second-order valence-electron chi connectivity index (χ2n) is 8.34. The van der Waals surface area contributed by atoms with Crippen LogP contribution in [0, 0.1) is 18.3 Å². The first kappa shape index (κ1) is 18.9. The zero-order valence-electron chi connectivity index (χ0n) is 17.1. The summed E-state index contributed by atoms with van der Waals surface area (Å²) in [5.74, 6) is 1.37. The number of imidazole rings is 1. The predicted octanol–water partition coefficient (Wildman–Crippen LogP) is 3.53. The van der Waals surface area contributed by atoms with Crippen molar-refractivity contribution in [3.05, 3.63) is 76.9 Å². The molecule has 1 aliphatic heterocycles. The van der Waals surface area contributed by atoms with Crippen LogP contribution < -0.4 is 10.5 Å². The molecule has 1 unspecified atom stereocenters. The predicted molar refractivity (Wildman–Crippen MR) is 114 cm³/mol. The van der Waals surface area contributed by atoms with Crippen LogP contribution in [0.3, 0.4) is 0 Å². The summed E-state index contributed by atoms with van der Waals surface area (Å²) in [5, 5.41) is 9.56. The molecule has 2 aliphatic rings. The molecule has 1 atom stereocenters. The molecular formula is C24H25N5O. The molecule has 0 saturated carbocycles. The molecule has 2 N–H and O–H groups in total. The van der Waals surface area contributed by atoms with Crippen LogP contribution in [-0.4, -0.2) is 33.6 Å². The molecule has 0 bridgehead atoms. The number of hydrogen-bond acceptors (Lipinski definition) is 5. The molecule has 5 rings (SSSR count). The molecule has 152 valence electrons. The van der Waals surface area contributed by atoms with Gasteiger partial charge in [0.05, 0.1) is 11.9 Å². The van der Waals surface area contributed by atoms with Gasteiger partial charge < -0.3 is 15.0 Å². The number of nitriles is 1. The van der Waals surface area contributed by atoms with E-state index in [0.717, 1.165) is 42.9 Å². The third-order valence-corrected chi connectivity index (χ3v) is 6.21. The first-order valence-corrected chi connectivity index (χ1v) is 10.4. The quantitative estimate of drug-likeness (QED) is 0.710. The first-order chi connectivity index (χ1) is 14.6. The Hall–Kier alpha value is -3.14. The topological polar surface area (TPSA) is 80.1 Å². The largest absolute Gasteiger partial charge is 0.456 e. The van der Waals surface area contributed by atoms with E-state index in [9.17, 15) is 5.26 Å². The Morgan fingerprint density at radius 1 is 1.23 bits per heavy atom. The Morgan fingerprint density at radius 3 is 2.83 bits per heavy atom. The van der Waals surface area contributed by atoms with Gasteiger partial charge >= 0.3 is 0 Å². The van der Waals surface area contributed by atoms with Crippen molar-refractivity contribution in [3.8, 4) is 17.6 Å². The summed E-state index contributed by atoms with van der Waals surface area (Å²) in [6.45, 7) is 4.64. The third kappa shape index (κ3) is 3.47. The Balaban J connectivity index is 1.40. The van der Waals surface area contributed by atoms with Crippen molar-refractivity contribution in [1.82, 2.24) is 14.5 Å². The first-order valence-electron chi connectivity index (χ1n) is 10.4. The highest BCUT2D eigenvalue weighted by molar-refractivity contribution is 5.49. The molecule has 6 heteroatoms. The Kier molecular flexibility index (Phi) is 4.78. The lowest BCUT2D eigenvalue weighted by atomic mass is 10.0. The highest BCUT2D eigenvalue weighted by atomic mass is 16.5. The molecule has 1 saturated heterocycles. The molecule has 2 aromatic carbocycles. The highest BCUT2D eigenvalue weighted by Crippen LogP contribution is 2.40. The molecular weight excluding hydrogens is 374 g/mol. The minimum Gasteiger partial charge on any atom is -0.456 e. The van der Waals surface area contributed by atoms with Crippen LogP contribution in [0.4, 0.5) is 0 Å². The molecule has 0 radical (unpaired) electrons. The molecule has 30 heavy (non-hydrogen) atoms. The van der Waals surface area contributed by atoms with Crippen LogP contribution >= 0.6 is 0 Å². The average molecular weight is 399 g/mol. The van der Waals surface area contributed by atoms with E-state index in [1.165, 1.54) is 11.1 Å². The fraction of sp³-hybridized carbons (Fsp3) is 0.333. The third-order valence-electron chi connectivity index (χ3n) is 6.21. The van der Waals surface area contributed by atoms with Gasteiger partial charge in [-0.1, -0.05) is 12.1 Å². The van der Waals surface area contributed by atoms with Gasteiger partial charge in [0.25, 0.3) is 0 Å². The number of nitrogens with two attached hydrogens (primary N) is 1. The van der Waals surface area contributed by atoms with E-state index in [-0.39, 0.29) is 0 Å². The number of ether oxygens (including phenoxy) is 1. The minimum atomic E-state index is 0.300. The van der Waals surface area contributed by atoms with Crippen molar-refractivity contribution in [2.45, 2.75) is 38.4 Å². The van der Waals surface area contributed by atoms with E-state index in [2.05, 4.69) is 32.7 Å². The van der Waals surface area contributed by atoms with Crippen LogP contribution in [0.15, 0.2) is 48.9 Å². The molecule has 2 heterocycles. The SMILES string of the molecule is Cc1cncn1Cc1ccc(C#N)c(Oc2ccc3c(c2)C(N2CC(N)C2)CC3)c1. The highest BCUT2D eigenvalue weighted by Gasteiger charge is 2.34.